The third-order valence-corrected chi connectivity index (χ3v) is 6.60. The fourth-order valence-electron chi connectivity index (χ4n) is 4.02. The molecule has 4 N–H and O–H groups in total. The van der Waals surface area contributed by atoms with E-state index in [-0.39, 0.29) is 41.5 Å². The van der Waals surface area contributed by atoms with Crippen LogP contribution in [0.1, 0.15) is 32.6 Å². The number of nitrogens with zero attached hydrogens (tertiary/aromatic N) is 2. The molecule has 1 amide bonds. The molecule has 160 valence electrons. The van der Waals surface area contributed by atoms with E-state index in [1.165, 1.54) is 12.1 Å². The molecule has 2 aliphatic rings. The Labute approximate surface area is 179 Å². The highest BCUT2D eigenvalue weighted by atomic mass is 35.5. The minimum atomic E-state index is -3.68. The van der Waals surface area contributed by atoms with E-state index in [4.69, 9.17) is 10.9 Å². The lowest BCUT2D eigenvalue weighted by atomic mass is 9.74. The number of carbonyl (C=O) groups excluding carboxylic acids is 1. The zero-order valence-electron chi connectivity index (χ0n) is 16.0. The van der Waals surface area contributed by atoms with Gasteiger partial charge in [0.25, 0.3) is 0 Å². The molecule has 3 rings (SSSR count). The van der Waals surface area contributed by atoms with Crippen LogP contribution in [0.25, 0.3) is 0 Å². The number of sulfonamides is 1. The van der Waals surface area contributed by atoms with Gasteiger partial charge in [-0.3, -0.25) is 4.79 Å². The van der Waals surface area contributed by atoms with Crippen LogP contribution in [-0.2, 0) is 14.8 Å². The Balaban J connectivity index is 0.00000196. The van der Waals surface area contributed by atoms with E-state index in [9.17, 15) is 13.2 Å². The molecule has 7 nitrogen and oxygen atoms in total. The smallest absolute Gasteiger partial charge is 0.238 e. The van der Waals surface area contributed by atoms with Gasteiger partial charge in [0.15, 0.2) is 0 Å². The summed E-state index contributed by atoms with van der Waals surface area (Å²) < 4.78 is 22.7. The highest BCUT2D eigenvalue weighted by molar-refractivity contribution is 7.89. The molecule has 1 aliphatic heterocycles. The highest BCUT2D eigenvalue weighted by Crippen LogP contribution is 2.33. The van der Waals surface area contributed by atoms with Crippen LogP contribution in [0.15, 0.2) is 29.2 Å². The molecule has 2 fully saturated rings. The Kier molecular flexibility index (Phi) is 8.59. The Morgan fingerprint density at radius 2 is 1.64 bits per heavy atom. The van der Waals surface area contributed by atoms with E-state index in [2.05, 4.69) is 4.90 Å². The zero-order chi connectivity index (χ0) is 18.9. The summed E-state index contributed by atoms with van der Waals surface area (Å²) in [5, 5.41) is 5.13. The van der Waals surface area contributed by atoms with Crippen molar-refractivity contribution in [1.82, 2.24) is 4.90 Å². The maximum absolute atomic E-state index is 12.9. The Morgan fingerprint density at radius 1 is 1.07 bits per heavy atom. The molecule has 2 atom stereocenters. The van der Waals surface area contributed by atoms with Gasteiger partial charge >= 0.3 is 0 Å². The maximum Gasteiger partial charge on any atom is 0.238 e. The van der Waals surface area contributed by atoms with Crippen LogP contribution in [0.2, 0.25) is 0 Å². The van der Waals surface area contributed by atoms with Crippen LogP contribution >= 0.6 is 24.8 Å². The van der Waals surface area contributed by atoms with Crippen LogP contribution < -0.4 is 15.8 Å². The van der Waals surface area contributed by atoms with Crippen LogP contribution in [0.5, 0.6) is 0 Å². The van der Waals surface area contributed by atoms with Gasteiger partial charge in [0.2, 0.25) is 15.9 Å². The Hall–Kier alpha value is -1.06. The van der Waals surface area contributed by atoms with Crippen molar-refractivity contribution in [2.45, 2.75) is 43.0 Å². The number of hydrogen-bond acceptors (Lipinski definition) is 5. The molecule has 1 aliphatic carbocycles. The van der Waals surface area contributed by atoms with Crippen molar-refractivity contribution in [3.05, 3.63) is 24.3 Å². The van der Waals surface area contributed by atoms with Gasteiger partial charge in [-0.05, 0) is 44.0 Å². The van der Waals surface area contributed by atoms with Crippen LogP contribution in [0.3, 0.4) is 0 Å². The first-order chi connectivity index (χ1) is 12.2. The molecular weight excluding hydrogens is 423 g/mol. The van der Waals surface area contributed by atoms with Crippen LogP contribution in [-0.4, -0.2) is 50.9 Å². The Morgan fingerprint density at radius 3 is 2.14 bits per heavy atom. The molecule has 1 aromatic rings. The topological polar surface area (TPSA) is 110 Å². The summed E-state index contributed by atoms with van der Waals surface area (Å²) >= 11 is 0. The minimum absolute atomic E-state index is 0. The van der Waals surface area contributed by atoms with E-state index in [0.717, 1.165) is 31.4 Å². The first kappa shape index (κ1) is 25.0. The summed E-state index contributed by atoms with van der Waals surface area (Å²) in [4.78, 5) is 17.1. The lowest BCUT2D eigenvalue weighted by Crippen LogP contribution is -2.57. The molecule has 0 spiro atoms. The predicted octanol–water partition coefficient (Wildman–Crippen LogP) is 1.73. The second kappa shape index (κ2) is 9.63. The lowest BCUT2D eigenvalue weighted by molar-refractivity contribution is -0.139. The number of halogens is 2. The van der Waals surface area contributed by atoms with Gasteiger partial charge < -0.3 is 15.5 Å². The molecule has 0 radical (unpaired) electrons. The van der Waals surface area contributed by atoms with Crippen molar-refractivity contribution in [2.75, 3.05) is 31.1 Å². The number of anilines is 1. The third-order valence-electron chi connectivity index (χ3n) is 5.67. The minimum Gasteiger partial charge on any atom is -0.368 e. The fourth-order valence-corrected chi connectivity index (χ4v) is 4.53. The van der Waals surface area contributed by atoms with Gasteiger partial charge in [0, 0.05) is 37.4 Å². The molecular formula is C18H30Cl2N4O3S. The molecule has 28 heavy (non-hydrogen) atoms. The highest BCUT2D eigenvalue weighted by Gasteiger charge is 2.40. The summed E-state index contributed by atoms with van der Waals surface area (Å²) in [7, 11) is -3.68. The van der Waals surface area contributed by atoms with Crippen LogP contribution in [0.4, 0.5) is 5.69 Å². The van der Waals surface area contributed by atoms with Crippen molar-refractivity contribution in [1.29, 1.82) is 0 Å². The normalized spacial score (nSPS) is 25.5. The number of carbonyl (C=O) groups is 1. The molecule has 10 heteroatoms. The number of piperazine rings is 1. The maximum atomic E-state index is 12.9. The fraction of sp³-hybridized carbons (Fsp3) is 0.611. The van der Waals surface area contributed by atoms with Gasteiger partial charge in [0.1, 0.15) is 0 Å². The first-order valence-corrected chi connectivity index (χ1v) is 10.7. The van der Waals surface area contributed by atoms with Crippen molar-refractivity contribution >= 4 is 46.4 Å². The average molecular weight is 453 g/mol. The van der Waals surface area contributed by atoms with Gasteiger partial charge in [-0.2, -0.15) is 0 Å². The summed E-state index contributed by atoms with van der Waals surface area (Å²) in [5.41, 5.74) is 6.91. The SMILES string of the molecule is CC1(N)CCCCC1C(=O)N1CCN(c2ccc(S(N)(=O)=O)cc2)CC1.Cl.Cl. The van der Waals surface area contributed by atoms with Crippen molar-refractivity contribution in [3.8, 4) is 0 Å². The van der Waals surface area contributed by atoms with Gasteiger partial charge in [-0.15, -0.1) is 24.8 Å². The summed E-state index contributed by atoms with van der Waals surface area (Å²) in [5.74, 6) is 0.0933. The second-order valence-electron chi connectivity index (χ2n) is 7.66. The number of amides is 1. The monoisotopic (exact) mass is 452 g/mol. The number of rotatable bonds is 3. The summed E-state index contributed by atoms with van der Waals surface area (Å²) in [6.45, 7) is 4.74. The first-order valence-electron chi connectivity index (χ1n) is 9.14. The summed E-state index contributed by atoms with van der Waals surface area (Å²) in [6.07, 6.45) is 3.94. The molecule has 1 aromatic carbocycles. The average Bonchev–Trinajstić information content (AvgIpc) is 2.60. The lowest BCUT2D eigenvalue weighted by Gasteiger charge is -2.42. The molecule has 1 saturated heterocycles. The van der Waals surface area contributed by atoms with E-state index in [1.54, 1.807) is 12.1 Å². The molecule has 1 heterocycles. The summed E-state index contributed by atoms with van der Waals surface area (Å²) in [6, 6.07) is 6.55. The van der Waals surface area contributed by atoms with Crippen molar-refractivity contribution < 1.29 is 13.2 Å². The van der Waals surface area contributed by atoms with E-state index in [0.29, 0.717) is 26.2 Å². The van der Waals surface area contributed by atoms with Gasteiger partial charge in [0.05, 0.1) is 10.8 Å². The van der Waals surface area contributed by atoms with E-state index in [1.807, 2.05) is 11.8 Å². The van der Waals surface area contributed by atoms with Crippen molar-refractivity contribution in [3.63, 3.8) is 0 Å². The van der Waals surface area contributed by atoms with Gasteiger partial charge in [-0.1, -0.05) is 12.8 Å². The Bertz CT molecular complexity index is 764. The molecule has 0 bridgehead atoms. The predicted molar refractivity (Wildman–Crippen MR) is 116 cm³/mol. The van der Waals surface area contributed by atoms with Crippen molar-refractivity contribution in [2.24, 2.45) is 16.8 Å². The standard InChI is InChI=1S/C18H28N4O3S.2ClH/c1-18(19)9-3-2-4-16(18)17(23)22-12-10-21(11-13-22)14-5-7-15(8-6-14)26(20,24)25;;/h5-8,16H,2-4,9-13,19H2,1H3,(H2,20,24,25);2*1H. The largest absolute Gasteiger partial charge is 0.368 e. The van der Waals surface area contributed by atoms with Crippen LogP contribution in [0, 0.1) is 5.92 Å². The molecule has 0 aromatic heterocycles. The molecule has 1 saturated carbocycles. The quantitative estimate of drug-likeness (QED) is 0.725. The zero-order valence-corrected chi connectivity index (χ0v) is 18.5. The number of benzene rings is 1. The third kappa shape index (κ3) is 5.51. The number of primary sulfonamides is 1. The number of nitrogens with two attached hydrogens (primary N) is 2. The van der Waals surface area contributed by atoms with E-state index < -0.39 is 15.6 Å². The second-order valence-corrected chi connectivity index (χ2v) is 9.22. The number of hydrogen-bond donors (Lipinski definition) is 2. The van der Waals surface area contributed by atoms with Gasteiger partial charge in [-0.25, -0.2) is 13.6 Å². The van der Waals surface area contributed by atoms with E-state index >= 15 is 0 Å². The molecule has 2 unspecified atom stereocenters.